The number of halogens is 2. The fraction of sp³-hybridized carbons (Fsp3) is 0.235. The van der Waals surface area contributed by atoms with E-state index in [1.807, 2.05) is 6.92 Å². The fourth-order valence-electron chi connectivity index (χ4n) is 2.22. The highest BCUT2D eigenvalue weighted by molar-refractivity contribution is 7.92. The zero-order valence-electron chi connectivity index (χ0n) is 14.2. The van der Waals surface area contributed by atoms with Gasteiger partial charge in [0.1, 0.15) is 12.3 Å². The van der Waals surface area contributed by atoms with Crippen molar-refractivity contribution >= 4 is 50.5 Å². The summed E-state index contributed by atoms with van der Waals surface area (Å²) < 4.78 is 30.7. The first-order valence-corrected chi connectivity index (χ1v) is 10.3. The van der Waals surface area contributed by atoms with Crippen LogP contribution in [0.15, 0.2) is 42.5 Å². The summed E-state index contributed by atoms with van der Waals surface area (Å²) >= 11 is 12.0. The number of carbonyl (C=O) groups is 1. The number of amides is 1. The highest BCUT2D eigenvalue weighted by Crippen LogP contribution is 2.30. The van der Waals surface area contributed by atoms with Gasteiger partial charge in [-0.05, 0) is 31.2 Å². The van der Waals surface area contributed by atoms with E-state index in [0.717, 1.165) is 10.6 Å². The van der Waals surface area contributed by atoms with Gasteiger partial charge in [0.2, 0.25) is 15.9 Å². The van der Waals surface area contributed by atoms with E-state index in [-0.39, 0.29) is 10.0 Å². The Labute approximate surface area is 162 Å². The van der Waals surface area contributed by atoms with Crippen LogP contribution in [0.1, 0.15) is 6.92 Å². The molecule has 1 amide bonds. The smallest absolute Gasteiger partial charge is 0.245 e. The van der Waals surface area contributed by atoms with Crippen molar-refractivity contribution in [3.8, 4) is 5.75 Å². The van der Waals surface area contributed by atoms with Gasteiger partial charge in [-0.25, -0.2) is 8.42 Å². The average molecular weight is 417 g/mol. The van der Waals surface area contributed by atoms with Crippen molar-refractivity contribution in [1.82, 2.24) is 0 Å². The molecule has 0 fully saturated rings. The Balaban J connectivity index is 2.24. The van der Waals surface area contributed by atoms with Crippen LogP contribution in [-0.2, 0) is 14.8 Å². The summed E-state index contributed by atoms with van der Waals surface area (Å²) in [5, 5.41) is 3.04. The third kappa shape index (κ3) is 5.27. The van der Waals surface area contributed by atoms with Crippen LogP contribution in [0.3, 0.4) is 0 Å². The first-order valence-electron chi connectivity index (χ1n) is 7.66. The third-order valence-corrected chi connectivity index (χ3v) is 5.29. The summed E-state index contributed by atoms with van der Waals surface area (Å²) in [5.41, 5.74) is 0.631. The summed E-state index contributed by atoms with van der Waals surface area (Å²) in [7, 11) is -3.70. The highest BCUT2D eigenvalue weighted by atomic mass is 35.5. The topological polar surface area (TPSA) is 75.7 Å². The quantitative estimate of drug-likeness (QED) is 0.744. The Kier molecular flexibility index (Phi) is 6.75. The standard InChI is InChI=1S/C17H18Cl2N2O4S/c1-3-25-13-7-4-6-12(10-13)21(26(2,23)24)11-16(22)20-15-9-5-8-14(18)17(15)19/h4-10H,3,11H2,1-2H3,(H,20,22). The molecule has 0 atom stereocenters. The van der Waals surface area contributed by atoms with E-state index in [1.54, 1.807) is 42.5 Å². The Bertz CT molecular complexity index is 903. The zero-order chi connectivity index (χ0) is 19.3. The molecule has 1 N–H and O–H groups in total. The molecule has 2 rings (SSSR count). The maximum Gasteiger partial charge on any atom is 0.245 e. The number of rotatable bonds is 7. The number of hydrogen-bond donors (Lipinski definition) is 1. The molecule has 6 nitrogen and oxygen atoms in total. The second kappa shape index (κ2) is 8.62. The lowest BCUT2D eigenvalue weighted by Gasteiger charge is -2.22. The molecule has 0 radical (unpaired) electrons. The normalized spacial score (nSPS) is 11.1. The first kappa shape index (κ1) is 20.4. The van der Waals surface area contributed by atoms with Crippen LogP contribution in [0.25, 0.3) is 0 Å². The molecule has 0 aromatic heterocycles. The summed E-state index contributed by atoms with van der Waals surface area (Å²) in [5.74, 6) is -0.0432. The van der Waals surface area contributed by atoms with Crippen LogP contribution in [0, 0.1) is 0 Å². The van der Waals surface area contributed by atoms with Gasteiger partial charge >= 0.3 is 0 Å². The number of nitrogens with one attached hydrogen (secondary N) is 1. The molecule has 9 heteroatoms. The van der Waals surface area contributed by atoms with E-state index >= 15 is 0 Å². The van der Waals surface area contributed by atoms with Gasteiger partial charge in [-0.1, -0.05) is 35.3 Å². The molecule has 0 aliphatic carbocycles. The van der Waals surface area contributed by atoms with Crippen molar-refractivity contribution in [3.63, 3.8) is 0 Å². The molecule has 2 aromatic rings. The Morgan fingerprint density at radius 1 is 1.19 bits per heavy atom. The number of carbonyl (C=O) groups excluding carboxylic acids is 1. The molecule has 0 unspecified atom stereocenters. The molecule has 2 aromatic carbocycles. The van der Waals surface area contributed by atoms with E-state index < -0.39 is 22.5 Å². The van der Waals surface area contributed by atoms with Crippen LogP contribution in [0.2, 0.25) is 10.0 Å². The van der Waals surface area contributed by atoms with Crippen LogP contribution < -0.4 is 14.4 Å². The van der Waals surface area contributed by atoms with Gasteiger partial charge in [-0.2, -0.15) is 0 Å². The molecule has 0 spiro atoms. The van der Waals surface area contributed by atoms with Crippen LogP contribution in [-0.4, -0.2) is 33.7 Å². The maximum absolute atomic E-state index is 12.4. The van der Waals surface area contributed by atoms with E-state index in [1.165, 1.54) is 0 Å². The molecule has 0 bridgehead atoms. The van der Waals surface area contributed by atoms with E-state index in [4.69, 9.17) is 27.9 Å². The largest absolute Gasteiger partial charge is 0.494 e. The van der Waals surface area contributed by atoms with Crippen molar-refractivity contribution in [2.24, 2.45) is 0 Å². The molecule has 0 saturated heterocycles. The number of hydrogen-bond acceptors (Lipinski definition) is 4. The second-order valence-corrected chi connectivity index (χ2v) is 8.04. The number of ether oxygens (including phenoxy) is 1. The molecule has 0 saturated carbocycles. The lowest BCUT2D eigenvalue weighted by Crippen LogP contribution is -2.37. The summed E-state index contributed by atoms with van der Waals surface area (Å²) in [6, 6.07) is 11.3. The second-order valence-electron chi connectivity index (χ2n) is 5.35. The van der Waals surface area contributed by atoms with Crippen molar-refractivity contribution in [1.29, 1.82) is 0 Å². The number of benzene rings is 2. The lowest BCUT2D eigenvalue weighted by molar-refractivity contribution is -0.114. The van der Waals surface area contributed by atoms with Gasteiger partial charge in [0, 0.05) is 6.07 Å². The lowest BCUT2D eigenvalue weighted by atomic mass is 10.3. The molecule has 26 heavy (non-hydrogen) atoms. The third-order valence-electron chi connectivity index (χ3n) is 3.33. The van der Waals surface area contributed by atoms with Crippen molar-refractivity contribution in [2.45, 2.75) is 6.92 Å². The van der Waals surface area contributed by atoms with E-state index in [2.05, 4.69) is 5.32 Å². The molecule has 0 aliphatic rings. The van der Waals surface area contributed by atoms with E-state index in [0.29, 0.717) is 23.7 Å². The van der Waals surface area contributed by atoms with Gasteiger partial charge in [-0.15, -0.1) is 0 Å². The minimum absolute atomic E-state index is 0.187. The Hall–Kier alpha value is -1.96. The van der Waals surface area contributed by atoms with Gasteiger partial charge in [0.25, 0.3) is 0 Å². The highest BCUT2D eigenvalue weighted by Gasteiger charge is 2.22. The van der Waals surface area contributed by atoms with Gasteiger partial charge in [0.05, 0.1) is 34.3 Å². The predicted octanol–water partition coefficient (Wildman–Crippen LogP) is 3.80. The van der Waals surface area contributed by atoms with Crippen molar-refractivity contribution in [3.05, 3.63) is 52.5 Å². The minimum atomic E-state index is -3.70. The minimum Gasteiger partial charge on any atom is -0.494 e. The van der Waals surface area contributed by atoms with Gasteiger partial charge in [0.15, 0.2) is 0 Å². The molecule has 0 aliphatic heterocycles. The van der Waals surface area contributed by atoms with E-state index in [9.17, 15) is 13.2 Å². The SMILES string of the molecule is CCOc1cccc(N(CC(=O)Nc2cccc(Cl)c2Cl)S(C)(=O)=O)c1. The summed E-state index contributed by atoms with van der Waals surface area (Å²) in [6.07, 6.45) is 1.03. The monoisotopic (exact) mass is 416 g/mol. The summed E-state index contributed by atoms with van der Waals surface area (Å²) in [6.45, 7) is 1.84. The van der Waals surface area contributed by atoms with Crippen molar-refractivity contribution in [2.75, 3.05) is 29.0 Å². The number of sulfonamides is 1. The van der Waals surface area contributed by atoms with Crippen LogP contribution >= 0.6 is 23.2 Å². The van der Waals surface area contributed by atoms with Gasteiger partial charge < -0.3 is 10.1 Å². The fourth-order valence-corrected chi connectivity index (χ4v) is 3.41. The number of nitrogens with zero attached hydrogens (tertiary/aromatic N) is 1. The predicted molar refractivity (Wildman–Crippen MR) is 105 cm³/mol. The van der Waals surface area contributed by atoms with Crippen LogP contribution in [0.5, 0.6) is 5.75 Å². The average Bonchev–Trinajstić information content (AvgIpc) is 2.56. The van der Waals surface area contributed by atoms with Gasteiger partial charge in [-0.3, -0.25) is 9.10 Å². The molecule has 0 heterocycles. The molecule has 140 valence electrons. The molecular formula is C17H18Cl2N2O4S. The van der Waals surface area contributed by atoms with Crippen LogP contribution in [0.4, 0.5) is 11.4 Å². The maximum atomic E-state index is 12.4. The Morgan fingerprint density at radius 3 is 2.54 bits per heavy atom. The molecular weight excluding hydrogens is 399 g/mol. The van der Waals surface area contributed by atoms with Crippen molar-refractivity contribution < 1.29 is 17.9 Å². The Morgan fingerprint density at radius 2 is 1.88 bits per heavy atom. The zero-order valence-corrected chi connectivity index (χ0v) is 16.5. The number of anilines is 2. The summed E-state index contributed by atoms with van der Waals surface area (Å²) in [4.78, 5) is 12.4. The first-order chi connectivity index (χ1) is 12.2.